The number of carbonyl (C=O) groups excluding carboxylic acids is 3. The zero-order valence-electron chi connectivity index (χ0n) is 18.1. The summed E-state index contributed by atoms with van der Waals surface area (Å²) in [6, 6.07) is 16.2. The minimum atomic E-state index is -0.243. The molecule has 0 aliphatic heterocycles. The summed E-state index contributed by atoms with van der Waals surface area (Å²) in [6.07, 6.45) is 5.82. The monoisotopic (exact) mass is 433 g/mol. The maximum absolute atomic E-state index is 12.6. The quantitative estimate of drug-likeness (QED) is 0.349. The van der Waals surface area contributed by atoms with Gasteiger partial charge < -0.3 is 15.4 Å². The zero-order valence-corrected chi connectivity index (χ0v) is 18.1. The van der Waals surface area contributed by atoms with Gasteiger partial charge in [0.2, 0.25) is 5.91 Å². The molecular weight excluding hydrogens is 406 g/mol. The average Bonchev–Trinajstić information content (AvgIpc) is 2.81. The summed E-state index contributed by atoms with van der Waals surface area (Å²) in [7, 11) is 1.38. The van der Waals surface area contributed by atoms with E-state index >= 15 is 0 Å². The van der Waals surface area contributed by atoms with Gasteiger partial charge in [-0.2, -0.15) is 0 Å². The van der Waals surface area contributed by atoms with Crippen molar-refractivity contribution in [3.8, 4) is 0 Å². The van der Waals surface area contributed by atoms with Gasteiger partial charge in [-0.1, -0.05) is 31.0 Å². The number of unbranched alkanes of at least 4 members (excludes halogenated alkanes) is 3. The largest absolute Gasteiger partial charge is 0.469 e. The fourth-order valence-corrected chi connectivity index (χ4v) is 3.34. The Labute approximate surface area is 187 Å². The van der Waals surface area contributed by atoms with Gasteiger partial charge >= 0.3 is 5.97 Å². The number of benzene rings is 2. The number of esters is 1. The summed E-state index contributed by atoms with van der Waals surface area (Å²) < 4.78 is 4.60. The molecule has 0 saturated carbocycles. The van der Waals surface area contributed by atoms with Crippen molar-refractivity contribution in [2.75, 3.05) is 17.7 Å². The Bertz CT molecular complexity index is 1070. The number of methoxy groups -OCH3 is 1. The smallest absolute Gasteiger partial charge is 0.305 e. The van der Waals surface area contributed by atoms with Crippen molar-refractivity contribution >= 4 is 40.1 Å². The highest BCUT2D eigenvalue weighted by molar-refractivity contribution is 6.08. The fraction of sp³-hybridized carbons (Fsp3) is 0.280. The van der Waals surface area contributed by atoms with Crippen LogP contribution in [0.15, 0.2) is 60.8 Å². The molecule has 0 spiro atoms. The highest BCUT2D eigenvalue weighted by Gasteiger charge is 2.10. The Morgan fingerprint density at radius 1 is 0.844 bits per heavy atom. The van der Waals surface area contributed by atoms with E-state index in [0.29, 0.717) is 29.8 Å². The number of amides is 2. The van der Waals surface area contributed by atoms with Crippen molar-refractivity contribution in [3.05, 3.63) is 66.4 Å². The minimum absolute atomic E-state index is 0.0722. The second kappa shape index (κ2) is 11.6. The SMILES string of the molecule is COC(=O)CCCCCCC(=O)Nc1ccc(C(=O)Nc2cccc3cccnc23)cc1. The molecule has 3 aromatic rings. The number of nitrogens with zero attached hydrogens (tertiary/aromatic N) is 1. The van der Waals surface area contributed by atoms with E-state index < -0.39 is 0 Å². The molecule has 2 amide bonds. The number of hydrogen-bond donors (Lipinski definition) is 2. The molecule has 2 aromatic carbocycles. The molecule has 7 heteroatoms. The van der Waals surface area contributed by atoms with Crippen LogP contribution in [0.25, 0.3) is 10.9 Å². The molecule has 0 atom stereocenters. The molecule has 0 bridgehead atoms. The van der Waals surface area contributed by atoms with Crippen molar-refractivity contribution < 1.29 is 19.1 Å². The molecule has 2 N–H and O–H groups in total. The Morgan fingerprint density at radius 2 is 1.56 bits per heavy atom. The second-order valence-electron chi connectivity index (χ2n) is 7.45. The number of aromatic nitrogens is 1. The summed E-state index contributed by atoms with van der Waals surface area (Å²) in [5.74, 6) is -0.515. The highest BCUT2D eigenvalue weighted by Crippen LogP contribution is 2.21. The van der Waals surface area contributed by atoms with Gasteiger partial charge in [0.25, 0.3) is 5.91 Å². The van der Waals surface area contributed by atoms with Crippen LogP contribution in [0, 0.1) is 0 Å². The lowest BCUT2D eigenvalue weighted by Gasteiger charge is -2.09. The first-order valence-corrected chi connectivity index (χ1v) is 10.7. The highest BCUT2D eigenvalue weighted by atomic mass is 16.5. The van der Waals surface area contributed by atoms with Crippen LogP contribution in [0.1, 0.15) is 48.9 Å². The molecule has 32 heavy (non-hydrogen) atoms. The lowest BCUT2D eigenvalue weighted by molar-refractivity contribution is -0.140. The molecule has 0 radical (unpaired) electrons. The van der Waals surface area contributed by atoms with Crippen molar-refractivity contribution in [1.29, 1.82) is 0 Å². The van der Waals surface area contributed by atoms with Crippen molar-refractivity contribution in [2.24, 2.45) is 0 Å². The molecular formula is C25H27N3O4. The van der Waals surface area contributed by atoms with Crippen LogP contribution in [0.5, 0.6) is 0 Å². The van der Waals surface area contributed by atoms with E-state index in [1.54, 1.807) is 30.5 Å². The topological polar surface area (TPSA) is 97.4 Å². The maximum atomic E-state index is 12.6. The Balaban J connectivity index is 1.45. The third-order valence-electron chi connectivity index (χ3n) is 5.07. The number of pyridine rings is 1. The number of hydrogen-bond acceptors (Lipinski definition) is 5. The van der Waals surface area contributed by atoms with E-state index in [1.165, 1.54) is 7.11 Å². The molecule has 166 valence electrons. The van der Waals surface area contributed by atoms with Crippen LogP contribution >= 0.6 is 0 Å². The summed E-state index contributed by atoms with van der Waals surface area (Å²) >= 11 is 0. The standard InChI is InChI=1S/C25H27N3O4/c1-32-23(30)12-5-3-2-4-11-22(29)27-20-15-13-19(14-16-20)25(31)28-21-10-6-8-18-9-7-17-26-24(18)21/h6-10,13-17H,2-5,11-12H2,1H3,(H,27,29)(H,28,31). The van der Waals surface area contributed by atoms with Gasteiger partial charge in [-0.3, -0.25) is 19.4 Å². The van der Waals surface area contributed by atoms with E-state index in [0.717, 1.165) is 36.6 Å². The lowest BCUT2D eigenvalue weighted by Crippen LogP contribution is -2.13. The summed E-state index contributed by atoms with van der Waals surface area (Å²) in [4.78, 5) is 40.1. The third-order valence-corrected chi connectivity index (χ3v) is 5.07. The predicted octanol–water partition coefficient (Wildman–Crippen LogP) is 4.94. The van der Waals surface area contributed by atoms with Crippen LogP contribution in [-0.2, 0) is 14.3 Å². The number of fused-ring (bicyclic) bond motifs is 1. The van der Waals surface area contributed by atoms with Gasteiger partial charge in [0, 0.05) is 35.7 Å². The number of anilines is 2. The molecule has 0 aliphatic rings. The number of carbonyl (C=O) groups is 3. The van der Waals surface area contributed by atoms with Gasteiger partial charge in [-0.25, -0.2) is 0 Å². The van der Waals surface area contributed by atoms with E-state index in [1.807, 2.05) is 30.3 Å². The van der Waals surface area contributed by atoms with Crippen LogP contribution in [0.2, 0.25) is 0 Å². The van der Waals surface area contributed by atoms with Gasteiger partial charge in [0.05, 0.1) is 18.3 Å². The maximum Gasteiger partial charge on any atom is 0.305 e. The Hall–Kier alpha value is -3.74. The number of nitrogens with one attached hydrogen (secondary N) is 2. The predicted molar refractivity (Wildman–Crippen MR) is 124 cm³/mol. The number of para-hydroxylation sites is 1. The van der Waals surface area contributed by atoms with E-state index in [9.17, 15) is 14.4 Å². The molecule has 1 aromatic heterocycles. The van der Waals surface area contributed by atoms with Crippen LogP contribution in [-0.4, -0.2) is 29.9 Å². The van der Waals surface area contributed by atoms with Crippen LogP contribution < -0.4 is 10.6 Å². The second-order valence-corrected chi connectivity index (χ2v) is 7.45. The third kappa shape index (κ3) is 6.63. The molecule has 0 aliphatic carbocycles. The molecule has 3 rings (SSSR count). The normalized spacial score (nSPS) is 10.5. The molecule has 7 nitrogen and oxygen atoms in total. The molecule has 1 heterocycles. The number of ether oxygens (including phenoxy) is 1. The van der Waals surface area contributed by atoms with E-state index in [-0.39, 0.29) is 17.8 Å². The summed E-state index contributed by atoms with van der Waals surface area (Å²) in [5, 5.41) is 6.70. The molecule has 0 fully saturated rings. The first kappa shape index (κ1) is 22.9. The van der Waals surface area contributed by atoms with E-state index in [2.05, 4.69) is 20.4 Å². The first-order chi connectivity index (χ1) is 15.6. The van der Waals surface area contributed by atoms with Gasteiger partial charge in [-0.15, -0.1) is 0 Å². The average molecular weight is 434 g/mol. The van der Waals surface area contributed by atoms with Crippen molar-refractivity contribution in [3.63, 3.8) is 0 Å². The molecule has 0 unspecified atom stereocenters. The first-order valence-electron chi connectivity index (χ1n) is 10.7. The van der Waals surface area contributed by atoms with Crippen molar-refractivity contribution in [2.45, 2.75) is 38.5 Å². The number of rotatable bonds is 10. The van der Waals surface area contributed by atoms with Gasteiger partial charge in [-0.05, 0) is 49.2 Å². The zero-order chi connectivity index (χ0) is 22.8. The van der Waals surface area contributed by atoms with Crippen molar-refractivity contribution in [1.82, 2.24) is 4.98 Å². The minimum Gasteiger partial charge on any atom is -0.469 e. The van der Waals surface area contributed by atoms with Crippen LogP contribution in [0.3, 0.4) is 0 Å². The Morgan fingerprint density at radius 3 is 2.31 bits per heavy atom. The van der Waals surface area contributed by atoms with E-state index in [4.69, 9.17) is 0 Å². The lowest BCUT2D eigenvalue weighted by atomic mass is 10.1. The fourth-order valence-electron chi connectivity index (χ4n) is 3.34. The summed E-state index contributed by atoms with van der Waals surface area (Å²) in [5.41, 5.74) is 2.51. The van der Waals surface area contributed by atoms with Gasteiger partial charge in [0.15, 0.2) is 0 Å². The molecule has 0 saturated heterocycles. The van der Waals surface area contributed by atoms with Gasteiger partial charge in [0.1, 0.15) is 0 Å². The van der Waals surface area contributed by atoms with Crippen LogP contribution in [0.4, 0.5) is 11.4 Å². The Kier molecular flexibility index (Phi) is 8.31. The summed E-state index contributed by atoms with van der Waals surface area (Å²) in [6.45, 7) is 0.